The largest absolute Gasteiger partial charge is 0.469 e. The molecule has 1 fully saturated rings. The smallest absolute Gasteiger partial charge is 0.305 e. The number of methoxy groups -OCH3 is 3. The fourth-order valence-corrected chi connectivity index (χ4v) is 2.39. The van der Waals surface area contributed by atoms with Gasteiger partial charge < -0.3 is 14.2 Å². The number of hydrogen-bond acceptors (Lipinski definition) is 4. The second-order valence-electron chi connectivity index (χ2n) is 4.01. The topological polar surface area (TPSA) is 44.8 Å². The molecular formula is C11H20O4. The van der Waals surface area contributed by atoms with Crippen LogP contribution in [0, 0.1) is 11.8 Å². The third-order valence-electron chi connectivity index (χ3n) is 3.22. The molecule has 88 valence electrons. The van der Waals surface area contributed by atoms with E-state index in [1.54, 1.807) is 14.2 Å². The van der Waals surface area contributed by atoms with E-state index in [1.165, 1.54) is 7.11 Å². The molecule has 4 heteroatoms. The van der Waals surface area contributed by atoms with Crippen LogP contribution in [0.5, 0.6) is 0 Å². The van der Waals surface area contributed by atoms with E-state index in [0.29, 0.717) is 24.9 Å². The first-order valence-corrected chi connectivity index (χ1v) is 5.31. The Hall–Kier alpha value is -0.610. The summed E-state index contributed by atoms with van der Waals surface area (Å²) in [5.41, 5.74) is 0. The van der Waals surface area contributed by atoms with Crippen LogP contribution in [0.3, 0.4) is 0 Å². The third-order valence-corrected chi connectivity index (χ3v) is 3.22. The lowest BCUT2D eigenvalue weighted by molar-refractivity contribution is -0.142. The summed E-state index contributed by atoms with van der Waals surface area (Å²) in [7, 11) is 4.82. The van der Waals surface area contributed by atoms with Crippen molar-refractivity contribution in [3.63, 3.8) is 0 Å². The number of carbonyl (C=O) groups is 1. The van der Waals surface area contributed by atoms with Gasteiger partial charge in [-0.2, -0.15) is 0 Å². The Morgan fingerprint density at radius 1 is 1.27 bits per heavy atom. The highest BCUT2D eigenvalue weighted by Crippen LogP contribution is 2.36. The standard InChI is InChI=1S/C11H20O4/c1-13-7-9-8(6-11(12)15-3)4-5-10(9)14-2/h8-10H,4-7H2,1-3H3/t8-,9-,10-/m1/s1. The van der Waals surface area contributed by atoms with E-state index >= 15 is 0 Å². The molecular weight excluding hydrogens is 196 g/mol. The molecule has 3 atom stereocenters. The Morgan fingerprint density at radius 2 is 2.00 bits per heavy atom. The van der Waals surface area contributed by atoms with Gasteiger partial charge in [0.25, 0.3) is 0 Å². The molecule has 0 amide bonds. The maximum Gasteiger partial charge on any atom is 0.305 e. The van der Waals surface area contributed by atoms with E-state index in [2.05, 4.69) is 4.74 Å². The van der Waals surface area contributed by atoms with Crippen LogP contribution >= 0.6 is 0 Å². The predicted octanol–water partition coefficient (Wildman–Crippen LogP) is 1.24. The number of hydrogen-bond donors (Lipinski definition) is 0. The van der Waals surface area contributed by atoms with Crippen LogP contribution in [0.4, 0.5) is 0 Å². The molecule has 0 aromatic heterocycles. The highest BCUT2D eigenvalue weighted by molar-refractivity contribution is 5.69. The summed E-state index contributed by atoms with van der Waals surface area (Å²) in [4.78, 5) is 11.2. The highest BCUT2D eigenvalue weighted by Gasteiger charge is 2.37. The first kappa shape index (κ1) is 12.5. The van der Waals surface area contributed by atoms with Crippen molar-refractivity contribution in [2.24, 2.45) is 11.8 Å². The molecule has 1 saturated carbocycles. The summed E-state index contributed by atoms with van der Waals surface area (Å²) in [5, 5.41) is 0. The molecule has 0 spiro atoms. The zero-order chi connectivity index (χ0) is 11.3. The summed E-state index contributed by atoms with van der Waals surface area (Å²) in [6.45, 7) is 0.653. The first-order chi connectivity index (χ1) is 7.22. The normalized spacial score (nSPS) is 30.5. The fraction of sp³-hybridized carbons (Fsp3) is 0.909. The van der Waals surface area contributed by atoms with Crippen molar-refractivity contribution in [2.75, 3.05) is 27.9 Å². The van der Waals surface area contributed by atoms with Crippen LogP contribution in [0.2, 0.25) is 0 Å². The Balaban J connectivity index is 2.52. The van der Waals surface area contributed by atoms with Crippen molar-refractivity contribution in [3.05, 3.63) is 0 Å². The summed E-state index contributed by atoms with van der Waals surface area (Å²) in [6.07, 6.45) is 2.72. The van der Waals surface area contributed by atoms with Crippen LogP contribution in [-0.4, -0.2) is 40.0 Å². The predicted molar refractivity (Wildman–Crippen MR) is 55.5 cm³/mol. The molecule has 15 heavy (non-hydrogen) atoms. The number of ether oxygens (including phenoxy) is 3. The van der Waals surface area contributed by atoms with E-state index in [-0.39, 0.29) is 12.1 Å². The van der Waals surface area contributed by atoms with Gasteiger partial charge in [-0.15, -0.1) is 0 Å². The average Bonchev–Trinajstić information content (AvgIpc) is 2.61. The van der Waals surface area contributed by atoms with Gasteiger partial charge in [0, 0.05) is 26.6 Å². The van der Waals surface area contributed by atoms with Gasteiger partial charge in [0.1, 0.15) is 0 Å². The molecule has 4 nitrogen and oxygen atoms in total. The minimum atomic E-state index is -0.141. The zero-order valence-corrected chi connectivity index (χ0v) is 9.69. The Morgan fingerprint density at radius 3 is 2.53 bits per heavy atom. The lowest BCUT2D eigenvalue weighted by Crippen LogP contribution is -2.27. The summed E-state index contributed by atoms with van der Waals surface area (Å²) < 4.78 is 15.2. The number of carbonyl (C=O) groups excluding carboxylic acids is 1. The van der Waals surface area contributed by atoms with E-state index < -0.39 is 0 Å². The molecule has 0 unspecified atom stereocenters. The lowest BCUT2D eigenvalue weighted by atomic mass is 9.92. The third kappa shape index (κ3) is 3.18. The number of esters is 1. The van der Waals surface area contributed by atoms with Crippen LogP contribution < -0.4 is 0 Å². The van der Waals surface area contributed by atoms with Crippen molar-refractivity contribution >= 4 is 5.97 Å². The molecule has 0 saturated heterocycles. The van der Waals surface area contributed by atoms with Gasteiger partial charge in [-0.1, -0.05) is 0 Å². The maximum absolute atomic E-state index is 11.2. The molecule has 0 heterocycles. The van der Waals surface area contributed by atoms with Gasteiger partial charge >= 0.3 is 5.97 Å². The van der Waals surface area contributed by atoms with Crippen molar-refractivity contribution < 1.29 is 19.0 Å². The average molecular weight is 216 g/mol. The summed E-state index contributed by atoms with van der Waals surface area (Å²) in [6, 6.07) is 0. The van der Waals surface area contributed by atoms with Gasteiger partial charge in [0.15, 0.2) is 0 Å². The highest BCUT2D eigenvalue weighted by atomic mass is 16.5. The van der Waals surface area contributed by atoms with Crippen molar-refractivity contribution in [3.8, 4) is 0 Å². The first-order valence-electron chi connectivity index (χ1n) is 5.31. The molecule has 1 aliphatic rings. The number of rotatable bonds is 5. The fourth-order valence-electron chi connectivity index (χ4n) is 2.39. The zero-order valence-electron chi connectivity index (χ0n) is 9.69. The molecule has 0 bridgehead atoms. The molecule has 0 aromatic rings. The van der Waals surface area contributed by atoms with Crippen LogP contribution in [-0.2, 0) is 19.0 Å². The second kappa shape index (κ2) is 6.08. The summed E-state index contributed by atoms with van der Waals surface area (Å²) >= 11 is 0. The molecule has 0 radical (unpaired) electrons. The van der Waals surface area contributed by atoms with Gasteiger partial charge in [-0.25, -0.2) is 0 Å². The molecule has 0 aliphatic heterocycles. The monoisotopic (exact) mass is 216 g/mol. The van der Waals surface area contributed by atoms with E-state index in [9.17, 15) is 4.79 Å². The van der Waals surface area contributed by atoms with Crippen LogP contribution in [0.1, 0.15) is 19.3 Å². The Bertz CT molecular complexity index is 205. The van der Waals surface area contributed by atoms with Gasteiger partial charge in [-0.3, -0.25) is 4.79 Å². The molecule has 0 aromatic carbocycles. The van der Waals surface area contributed by atoms with E-state index in [1.807, 2.05) is 0 Å². The van der Waals surface area contributed by atoms with Crippen molar-refractivity contribution in [2.45, 2.75) is 25.4 Å². The van der Waals surface area contributed by atoms with Gasteiger partial charge in [-0.05, 0) is 18.8 Å². The lowest BCUT2D eigenvalue weighted by Gasteiger charge is -2.22. The molecule has 1 rings (SSSR count). The quantitative estimate of drug-likeness (QED) is 0.648. The van der Waals surface area contributed by atoms with Crippen molar-refractivity contribution in [1.29, 1.82) is 0 Å². The minimum absolute atomic E-state index is 0.141. The second-order valence-corrected chi connectivity index (χ2v) is 4.01. The van der Waals surface area contributed by atoms with Gasteiger partial charge in [0.2, 0.25) is 0 Å². The van der Waals surface area contributed by atoms with Crippen LogP contribution in [0.15, 0.2) is 0 Å². The summed E-state index contributed by atoms with van der Waals surface area (Å²) in [5.74, 6) is 0.513. The minimum Gasteiger partial charge on any atom is -0.469 e. The Kier molecular flexibility index (Phi) is 5.05. The SMILES string of the molecule is COC[C@@H]1[C@@H](CC(=O)OC)CC[C@H]1OC. The Labute approximate surface area is 90.9 Å². The van der Waals surface area contributed by atoms with Crippen molar-refractivity contribution in [1.82, 2.24) is 0 Å². The van der Waals surface area contributed by atoms with E-state index in [0.717, 1.165) is 12.8 Å². The maximum atomic E-state index is 11.2. The van der Waals surface area contributed by atoms with Crippen LogP contribution in [0.25, 0.3) is 0 Å². The molecule has 1 aliphatic carbocycles. The van der Waals surface area contributed by atoms with E-state index in [4.69, 9.17) is 9.47 Å². The molecule has 0 N–H and O–H groups in total. The van der Waals surface area contributed by atoms with Gasteiger partial charge in [0.05, 0.1) is 19.8 Å².